The van der Waals surface area contributed by atoms with E-state index in [9.17, 15) is 4.79 Å². The summed E-state index contributed by atoms with van der Waals surface area (Å²) in [5, 5.41) is 14.0. The maximum absolute atomic E-state index is 10.9. The average Bonchev–Trinajstić information content (AvgIpc) is 2.68. The molecule has 0 radical (unpaired) electrons. The van der Waals surface area contributed by atoms with E-state index in [2.05, 4.69) is 10.00 Å². The van der Waals surface area contributed by atoms with Crippen molar-refractivity contribution in [2.45, 2.75) is 39.4 Å². The Balaban J connectivity index is 2.16. The number of carboxylic acids is 1. The molecule has 2 heterocycles. The lowest BCUT2D eigenvalue weighted by Gasteiger charge is -2.34. The van der Waals surface area contributed by atoms with Gasteiger partial charge in [0.1, 0.15) is 0 Å². The van der Waals surface area contributed by atoms with Gasteiger partial charge in [-0.05, 0) is 13.8 Å². The lowest BCUT2D eigenvalue weighted by Crippen LogP contribution is -2.46. The lowest BCUT2D eigenvalue weighted by molar-refractivity contribution is -0.140. The molecule has 0 saturated carbocycles. The summed E-state index contributed by atoms with van der Waals surface area (Å²) in [4.78, 5) is 13.1. The van der Waals surface area contributed by atoms with Gasteiger partial charge in [-0.15, -0.1) is 0 Å². The summed E-state index contributed by atoms with van der Waals surface area (Å²) in [5.74, 6) is -0.809. The van der Waals surface area contributed by atoms with Crippen LogP contribution in [0.1, 0.15) is 24.7 Å². The SMILES string of the molecule is CCn1nc(C)c(Cl)c1CN1CCOCC1CC(=O)O. The van der Waals surface area contributed by atoms with Gasteiger partial charge in [0.25, 0.3) is 0 Å². The van der Waals surface area contributed by atoms with E-state index in [1.807, 2.05) is 18.5 Å². The van der Waals surface area contributed by atoms with Crippen molar-refractivity contribution in [3.8, 4) is 0 Å². The second-order valence-corrected chi connectivity index (χ2v) is 5.34. The molecule has 0 aliphatic carbocycles. The van der Waals surface area contributed by atoms with Crippen LogP contribution in [0.4, 0.5) is 0 Å². The lowest BCUT2D eigenvalue weighted by atomic mass is 10.1. The van der Waals surface area contributed by atoms with Crippen molar-refractivity contribution in [1.29, 1.82) is 0 Å². The smallest absolute Gasteiger partial charge is 0.305 e. The summed E-state index contributed by atoms with van der Waals surface area (Å²) in [7, 11) is 0. The summed E-state index contributed by atoms with van der Waals surface area (Å²) in [5.41, 5.74) is 1.76. The molecule has 1 atom stereocenters. The normalized spacial score (nSPS) is 20.2. The van der Waals surface area contributed by atoms with Crippen LogP contribution in [0, 0.1) is 6.92 Å². The highest BCUT2D eigenvalue weighted by atomic mass is 35.5. The van der Waals surface area contributed by atoms with Gasteiger partial charge >= 0.3 is 5.97 Å². The van der Waals surface area contributed by atoms with E-state index < -0.39 is 5.97 Å². The third-order valence-electron chi connectivity index (χ3n) is 3.57. The van der Waals surface area contributed by atoms with Gasteiger partial charge in [-0.1, -0.05) is 11.6 Å². The molecule has 112 valence electrons. The molecule has 2 rings (SSSR count). The van der Waals surface area contributed by atoms with Crippen LogP contribution in [0.3, 0.4) is 0 Å². The van der Waals surface area contributed by atoms with Crippen molar-refractivity contribution < 1.29 is 14.6 Å². The van der Waals surface area contributed by atoms with E-state index in [1.54, 1.807) is 0 Å². The van der Waals surface area contributed by atoms with Crippen LogP contribution in [-0.4, -0.2) is 51.6 Å². The van der Waals surface area contributed by atoms with E-state index >= 15 is 0 Å². The highest BCUT2D eigenvalue weighted by Gasteiger charge is 2.27. The Hall–Kier alpha value is -1.11. The number of ether oxygens (including phenoxy) is 1. The van der Waals surface area contributed by atoms with Crippen LogP contribution < -0.4 is 0 Å². The molecule has 1 aliphatic heterocycles. The van der Waals surface area contributed by atoms with Crippen molar-refractivity contribution in [2.24, 2.45) is 0 Å². The van der Waals surface area contributed by atoms with Gasteiger partial charge in [0, 0.05) is 25.7 Å². The quantitative estimate of drug-likeness (QED) is 0.893. The Morgan fingerprint density at radius 2 is 2.35 bits per heavy atom. The topological polar surface area (TPSA) is 67.6 Å². The monoisotopic (exact) mass is 301 g/mol. The number of halogens is 1. The van der Waals surface area contributed by atoms with Gasteiger partial charge in [0.05, 0.1) is 36.0 Å². The number of aromatic nitrogens is 2. The average molecular weight is 302 g/mol. The Morgan fingerprint density at radius 1 is 1.60 bits per heavy atom. The first-order valence-corrected chi connectivity index (χ1v) is 7.16. The predicted molar refractivity (Wildman–Crippen MR) is 74.9 cm³/mol. The van der Waals surface area contributed by atoms with Crippen molar-refractivity contribution >= 4 is 17.6 Å². The first kappa shape index (κ1) is 15.3. The standard InChI is InChI=1S/C13H20ClN3O3/c1-3-17-11(13(14)9(2)15-17)7-16-4-5-20-8-10(16)6-12(18)19/h10H,3-8H2,1-2H3,(H,18,19). The third kappa shape index (κ3) is 3.31. The Bertz CT molecular complexity index is 489. The van der Waals surface area contributed by atoms with E-state index in [0.717, 1.165) is 17.9 Å². The highest BCUT2D eigenvalue weighted by molar-refractivity contribution is 6.31. The van der Waals surface area contributed by atoms with Crippen LogP contribution in [0.15, 0.2) is 0 Å². The summed E-state index contributed by atoms with van der Waals surface area (Å²) in [6.07, 6.45) is 0.0802. The van der Waals surface area contributed by atoms with Crippen LogP contribution in [0.25, 0.3) is 0 Å². The molecule has 1 aromatic heterocycles. The minimum absolute atomic E-state index is 0.0802. The van der Waals surface area contributed by atoms with E-state index in [-0.39, 0.29) is 12.5 Å². The first-order valence-electron chi connectivity index (χ1n) is 6.78. The molecule has 0 aromatic carbocycles. The zero-order chi connectivity index (χ0) is 14.7. The van der Waals surface area contributed by atoms with E-state index in [1.165, 1.54) is 0 Å². The molecule has 20 heavy (non-hydrogen) atoms. The molecule has 0 amide bonds. The number of rotatable bonds is 5. The molecule has 0 spiro atoms. The Kier molecular flexibility index (Phi) is 5.01. The Labute approximate surface area is 123 Å². The summed E-state index contributed by atoms with van der Waals surface area (Å²) < 4.78 is 7.26. The summed E-state index contributed by atoms with van der Waals surface area (Å²) in [6, 6.07) is -0.113. The molecule has 1 aromatic rings. The molecule has 0 bridgehead atoms. The molecule has 6 nitrogen and oxygen atoms in total. The Morgan fingerprint density at radius 3 is 3.00 bits per heavy atom. The van der Waals surface area contributed by atoms with Gasteiger partial charge < -0.3 is 9.84 Å². The molecular weight excluding hydrogens is 282 g/mol. The zero-order valence-electron chi connectivity index (χ0n) is 11.8. The fourth-order valence-electron chi connectivity index (χ4n) is 2.50. The van der Waals surface area contributed by atoms with Gasteiger partial charge in [-0.25, -0.2) is 0 Å². The fourth-order valence-corrected chi connectivity index (χ4v) is 2.69. The highest BCUT2D eigenvalue weighted by Crippen LogP contribution is 2.24. The van der Waals surface area contributed by atoms with Gasteiger partial charge in [0.15, 0.2) is 0 Å². The number of hydrogen-bond acceptors (Lipinski definition) is 4. The molecular formula is C13H20ClN3O3. The van der Waals surface area contributed by atoms with Gasteiger partial charge in [-0.2, -0.15) is 5.10 Å². The van der Waals surface area contributed by atoms with Gasteiger partial charge in [0.2, 0.25) is 0 Å². The van der Waals surface area contributed by atoms with Crippen LogP contribution in [-0.2, 0) is 22.6 Å². The van der Waals surface area contributed by atoms with Gasteiger partial charge in [-0.3, -0.25) is 14.4 Å². The van der Waals surface area contributed by atoms with E-state index in [4.69, 9.17) is 21.4 Å². The molecule has 1 unspecified atom stereocenters. The molecule has 1 aliphatic rings. The summed E-state index contributed by atoms with van der Waals surface area (Å²) >= 11 is 6.31. The van der Waals surface area contributed by atoms with Crippen LogP contribution in [0.2, 0.25) is 5.02 Å². The third-order valence-corrected chi connectivity index (χ3v) is 4.06. The number of aryl methyl sites for hydroxylation is 2. The number of hydrogen-bond donors (Lipinski definition) is 1. The van der Waals surface area contributed by atoms with Crippen LogP contribution >= 0.6 is 11.6 Å². The summed E-state index contributed by atoms with van der Waals surface area (Å²) in [6.45, 7) is 7.02. The minimum atomic E-state index is -0.809. The van der Waals surface area contributed by atoms with Crippen molar-refractivity contribution in [1.82, 2.24) is 14.7 Å². The number of carbonyl (C=O) groups is 1. The second-order valence-electron chi connectivity index (χ2n) is 4.96. The molecule has 1 fully saturated rings. The predicted octanol–water partition coefficient (Wildman–Crippen LogP) is 1.54. The zero-order valence-corrected chi connectivity index (χ0v) is 12.6. The largest absolute Gasteiger partial charge is 0.481 e. The van der Waals surface area contributed by atoms with Crippen molar-refractivity contribution in [3.63, 3.8) is 0 Å². The van der Waals surface area contributed by atoms with Crippen molar-refractivity contribution in [3.05, 3.63) is 16.4 Å². The minimum Gasteiger partial charge on any atom is -0.481 e. The van der Waals surface area contributed by atoms with Crippen LogP contribution in [0.5, 0.6) is 0 Å². The maximum Gasteiger partial charge on any atom is 0.305 e. The molecule has 7 heteroatoms. The second kappa shape index (κ2) is 6.56. The first-order chi connectivity index (χ1) is 9.52. The van der Waals surface area contributed by atoms with E-state index in [0.29, 0.717) is 31.3 Å². The number of carboxylic acid groups (broad SMARTS) is 1. The number of nitrogens with zero attached hydrogens (tertiary/aromatic N) is 3. The maximum atomic E-state index is 10.9. The molecule has 1 saturated heterocycles. The van der Waals surface area contributed by atoms with Crippen molar-refractivity contribution in [2.75, 3.05) is 19.8 Å². The number of aliphatic carboxylic acids is 1. The number of morpholine rings is 1. The fraction of sp³-hybridized carbons (Fsp3) is 0.692. The molecule has 1 N–H and O–H groups in total.